The molecule has 0 radical (unpaired) electrons. The standard InChI is InChI=1S/C13H24N4O/c1-11(2)4-5-15-13(18)8-16-12(3)9-17-7-6-14-10-17/h6-7,10-12,16H,4-5,8-9H2,1-3H3,(H,15,18). The highest BCUT2D eigenvalue weighted by atomic mass is 16.1. The summed E-state index contributed by atoms with van der Waals surface area (Å²) in [6, 6.07) is 0.245. The second-order valence-electron chi connectivity index (χ2n) is 5.07. The van der Waals surface area contributed by atoms with Crippen molar-refractivity contribution in [1.29, 1.82) is 0 Å². The minimum Gasteiger partial charge on any atom is -0.355 e. The molecule has 0 fully saturated rings. The van der Waals surface area contributed by atoms with Crippen LogP contribution in [0.3, 0.4) is 0 Å². The molecule has 102 valence electrons. The van der Waals surface area contributed by atoms with Gasteiger partial charge in [0.1, 0.15) is 0 Å². The van der Waals surface area contributed by atoms with Gasteiger partial charge in [0.25, 0.3) is 0 Å². The van der Waals surface area contributed by atoms with Gasteiger partial charge in [0, 0.05) is 31.5 Å². The van der Waals surface area contributed by atoms with Gasteiger partial charge in [0.2, 0.25) is 5.91 Å². The Balaban J connectivity index is 2.10. The summed E-state index contributed by atoms with van der Waals surface area (Å²) in [5, 5.41) is 6.11. The fraction of sp³-hybridized carbons (Fsp3) is 0.692. The van der Waals surface area contributed by atoms with Gasteiger partial charge in [-0.05, 0) is 19.3 Å². The summed E-state index contributed by atoms with van der Waals surface area (Å²) in [6.45, 7) is 8.30. The number of hydrogen-bond donors (Lipinski definition) is 2. The molecule has 2 N–H and O–H groups in total. The van der Waals surface area contributed by atoms with Crippen LogP contribution < -0.4 is 10.6 Å². The molecule has 0 aliphatic carbocycles. The number of amides is 1. The molecule has 1 aromatic heterocycles. The molecule has 1 heterocycles. The maximum absolute atomic E-state index is 11.5. The molecular formula is C13H24N4O. The minimum absolute atomic E-state index is 0.0631. The average molecular weight is 252 g/mol. The number of carbonyl (C=O) groups is 1. The van der Waals surface area contributed by atoms with E-state index in [0.717, 1.165) is 19.5 Å². The molecule has 0 saturated carbocycles. The summed E-state index contributed by atoms with van der Waals surface area (Å²) in [5.41, 5.74) is 0. The van der Waals surface area contributed by atoms with E-state index in [2.05, 4.69) is 36.4 Å². The molecule has 5 nitrogen and oxygen atoms in total. The lowest BCUT2D eigenvalue weighted by Crippen LogP contribution is -2.40. The monoisotopic (exact) mass is 252 g/mol. The zero-order chi connectivity index (χ0) is 13.4. The molecule has 0 saturated heterocycles. The van der Waals surface area contributed by atoms with Crippen molar-refractivity contribution >= 4 is 5.91 Å². The van der Waals surface area contributed by atoms with Gasteiger partial charge in [-0.2, -0.15) is 0 Å². The largest absolute Gasteiger partial charge is 0.355 e. The van der Waals surface area contributed by atoms with Crippen molar-refractivity contribution in [3.05, 3.63) is 18.7 Å². The van der Waals surface area contributed by atoms with Gasteiger partial charge in [0.15, 0.2) is 0 Å². The van der Waals surface area contributed by atoms with E-state index in [1.165, 1.54) is 0 Å². The van der Waals surface area contributed by atoms with Crippen LogP contribution in [-0.2, 0) is 11.3 Å². The zero-order valence-corrected chi connectivity index (χ0v) is 11.5. The quantitative estimate of drug-likeness (QED) is 0.726. The SMILES string of the molecule is CC(C)CCNC(=O)CNC(C)Cn1ccnc1. The second-order valence-corrected chi connectivity index (χ2v) is 5.07. The number of imidazole rings is 1. The third-order valence-corrected chi connectivity index (χ3v) is 2.70. The lowest BCUT2D eigenvalue weighted by molar-refractivity contribution is -0.120. The van der Waals surface area contributed by atoms with Gasteiger partial charge < -0.3 is 15.2 Å². The van der Waals surface area contributed by atoms with Crippen molar-refractivity contribution in [1.82, 2.24) is 20.2 Å². The third kappa shape index (κ3) is 6.39. The van der Waals surface area contributed by atoms with Crippen LogP contribution in [0.2, 0.25) is 0 Å². The van der Waals surface area contributed by atoms with Crippen LogP contribution in [0, 0.1) is 5.92 Å². The van der Waals surface area contributed by atoms with Crippen molar-refractivity contribution in [2.75, 3.05) is 13.1 Å². The van der Waals surface area contributed by atoms with Crippen molar-refractivity contribution in [2.45, 2.75) is 39.8 Å². The fourth-order valence-electron chi connectivity index (χ4n) is 1.61. The number of nitrogens with one attached hydrogen (secondary N) is 2. The number of aromatic nitrogens is 2. The molecule has 1 rings (SSSR count). The van der Waals surface area contributed by atoms with Gasteiger partial charge >= 0.3 is 0 Å². The van der Waals surface area contributed by atoms with Gasteiger partial charge in [-0.1, -0.05) is 13.8 Å². The van der Waals surface area contributed by atoms with Crippen molar-refractivity contribution in [2.24, 2.45) is 5.92 Å². The first-order valence-corrected chi connectivity index (χ1v) is 6.53. The van der Waals surface area contributed by atoms with Gasteiger partial charge in [-0.15, -0.1) is 0 Å². The first-order chi connectivity index (χ1) is 8.58. The lowest BCUT2D eigenvalue weighted by atomic mass is 10.1. The minimum atomic E-state index is 0.0631. The van der Waals surface area contributed by atoms with E-state index in [1.807, 2.05) is 10.8 Å². The Morgan fingerprint density at radius 1 is 1.39 bits per heavy atom. The van der Waals surface area contributed by atoms with Crippen LogP contribution >= 0.6 is 0 Å². The van der Waals surface area contributed by atoms with Crippen molar-refractivity contribution < 1.29 is 4.79 Å². The topological polar surface area (TPSA) is 59.0 Å². The number of carbonyl (C=O) groups excluding carboxylic acids is 1. The Bertz CT molecular complexity index is 335. The normalized spacial score (nSPS) is 12.7. The predicted octanol–water partition coefficient (Wildman–Crippen LogP) is 1.02. The number of rotatable bonds is 8. The van der Waals surface area contributed by atoms with Crippen molar-refractivity contribution in [3.8, 4) is 0 Å². The Labute approximate surface area is 109 Å². The summed E-state index contributed by atoms with van der Waals surface area (Å²) < 4.78 is 1.99. The third-order valence-electron chi connectivity index (χ3n) is 2.70. The average Bonchev–Trinajstić information content (AvgIpc) is 2.78. The number of hydrogen-bond acceptors (Lipinski definition) is 3. The lowest BCUT2D eigenvalue weighted by Gasteiger charge is -2.14. The fourth-order valence-corrected chi connectivity index (χ4v) is 1.61. The smallest absolute Gasteiger partial charge is 0.233 e. The van der Waals surface area contributed by atoms with E-state index in [4.69, 9.17) is 0 Å². The van der Waals surface area contributed by atoms with Gasteiger partial charge in [0.05, 0.1) is 12.9 Å². The summed E-state index contributed by atoms with van der Waals surface area (Å²) in [7, 11) is 0. The van der Waals surface area contributed by atoms with E-state index < -0.39 is 0 Å². The zero-order valence-electron chi connectivity index (χ0n) is 11.5. The summed E-state index contributed by atoms with van der Waals surface area (Å²) in [5.74, 6) is 0.687. The first-order valence-electron chi connectivity index (χ1n) is 6.53. The Hall–Kier alpha value is -1.36. The Kier molecular flexibility index (Phi) is 6.43. The van der Waals surface area contributed by atoms with Crippen LogP contribution in [-0.4, -0.2) is 34.6 Å². The molecule has 0 bridgehead atoms. The van der Waals surface area contributed by atoms with E-state index in [0.29, 0.717) is 12.5 Å². The van der Waals surface area contributed by atoms with Crippen LogP contribution in [0.4, 0.5) is 0 Å². The molecule has 1 amide bonds. The Morgan fingerprint density at radius 3 is 2.78 bits per heavy atom. The van der Waals surface area contributed by atoms with E-state index in [1.54, 1.807) is 12.5 Å². The van der Waals surface area contributed by atoms with Gasteiger partial charge in [-0.25, -0.2) is 4.98 Å². The Morgan fingerprint density at radius 2 is 2.17 bits per heavy atom. The predicted molar refractivity (Wildman–Crippen MR) is 72.2 cm³/mol. The van der Waals surface area contributed by atoms with E-state index in [-0.39, 0.29) is 11.9 Å². The maximum Gasteiger partial charge on any atom is 0.233 e. The molecule has 1 aromatic rings. The van der Waals surface area contributed by atoms with Crippen LogP contribution in [0.1, 0.15) is 27.2 Å². The molecule has 5 heteroatoms. The molecule has 1 atom stereocenters. The molecule has 0 aliphatic rings. The van der Waals surface area contributed by atoms with Crippen LogP contribution in [0.25, 0.3) is 0 Å². The van der Waals surface area contributed by atoms with Crippen LogP contribution in [0.5, 0.6) is 0 Å². The highest BCUT2D eigenvalue weighted by molar-refractivity contribution is 5.77. The highest BCUT2D eigenvalue weighted by Gasteiger charge is 2.05. The maximum atomic E-state index is 11.5. The van der Waals surface area contributed by atoms with E-state index in [9.17, 15) is 4.79 Å². The summed E-state index contributed by atoms with van der Waals surface area (Å²) >= 11 is 0. The van der Waals surface area contributed by atoms with E-state index >= 15 is 0 Å². The second kappa shape index (κ2) is 7.87. The molecule has 0 spiro atoms. The molecular weight excluding hydrogens is 228 g/mol. The van der Waals surface area contributed by atoms with Crippen molar-refractivity contribution in [3.63, 3.8) is 0 Å². The molecule has 0 aliphatic heterocycles. The highest BCUT2D eigenvalue weighted by Crippen LogP contribution is 1.96. The summed E-state index contributed by atoms with van der Waals surface area (Å²) in [6.07, 6.45) is 6.48. The van der Waals surface area contributed by atoms with Crippen LogP contribution in [0.15, 0.2) is 18.7 Å². The summed E-state index contributed by atoms with van der Waals surface area (Å²) in [4.78, 5) is 15.5. The van der Waals surface area contributed by atoms with Gasteiger partial charge in [-0.3, -0.25) is 4.79 Å². The number of nitrogens with zero attached hydrogens (tertiary/aromatic N) is 2. The molecule has 1 unspecified atom stereocenters. The molecule has 0 aromatic carbocycles. The molecule has 18 heavy (non-hydrogen) atoms. The first kappa shape index (κ1) is 14.7.